The van der Waals surface area contributed by atoms with E-state index in [0.29, 0.717) is 0 Å². The molecule has 0 heterocycles. The van der Waals surface area contributed by atoms with Gasteiger partial charge in [-0.15, -0.1) is 0 Å². The Balaban J connectivity index is 1.93. The first kappa shape index (κ1) is 13.8. The second-order valence-corrected chi connectivity index (χ2v) is 5.10. The highest BCUT2D eigenvalue weighted by molar-refractivity contribution is 9.10. The van der Waals surface area contributed by atoms with Crippen molar-refractivity contribution in [2.24, 2.45) is 0 Å². The minimum Gasteiger partial charge on any atom is -0.388 e. The van der Waals surface area contributed by atoms with Crippen LogP contribution in [0.1, 0.15) is 18.1 Å². The first-order chi connectivity index (χ1) is 9.15. The monoisotopic (exact) mass is 319 g/mol. The van der Waals surface area contributed by atoms with Gasteiger partial charge in [-0.3, -0.25) is 4.79 Å². The number of para-hydroxylation sites is 1. The summed E-state index contributed by atoms with van der Waals surface area (Å²) in [5, 5.41) is 12.7. The fraction of sp³-hybridized carbons (Fsp3) is 0.133. The smallest absolute Gasteiger partial charge is 0.227 e. The number of carbonyl (C=O) groups excluding carboxylic acids is 1. The van der Waals surface area contributed by atoms with Gasteiger partial charge in [0.1, 0.15) is 0 Å². The van der Waals surface area contributed by atoms with E-state index in [1.165, 1.54) is 0 Å². The molecule has 2 rings (SSSR count). The maximum absolute atomic E-state index is 11.8. The topological polar surface area (TPSA) is 49.3 Å². The van der Waals surface area contributed by atoms with Crippen molar-refractivity contribution in [1.82, 2.24) is 0 Å². The third-order valence-corrected chi connectivity index (χ3v) is 3.22. The van der Waals surface area contributed by atoms with Gasteiger partial charge >= 0.3 is 0 Å². The number of amides is 1. The Morgan fingerprint density at radius 2 is 1.74 bits per heavy atom. The summed E-state index contributed by atoms with van der Waals surface area (Å²) < 4.78 is 0.942. The Hall–Kier alpha value is -1.65. The van der Waals surface area contributed by atoms with E-state index in [2.05, 4.69) is 21.2 Å². The summed E-state index contributed by atoms with van der Waals surface area (Å²) >= 11 is 3.33. The van der Waals surface area contributed by atoms with Gasteiger partial charge in [0.25, 0.3) is 0 Å². The molecular formula is C15H14BrNO2. The maximum atomic E-state index is 11.8. The third-order valence-electron chi connectivity index (χ3n) is 2.69. The van der Waals surface area contributed by atoms with Crippen LogP contribution in [-0.2, 0) is 4.79 Å². The molecule has 0 aliphatic rings. The van der Waals surface area contributed by atoms with Crippen LogP contribution in [0.3, 0.4) is 0 Å². The maximum Gasteiger partial charge on any atom is 0.227 e. The van der Waals surface area contributed by atoms with Crippen molar-refractivity contribution in [3.63, 3.8) is 0 Å². The molecule has 0 radical (unpaired) electrons. The first-order valence-corrected chi connectivity index (χ1v) is 6.73. The zero-order valence-electron chi connectivity index (χ0n) is 10.2. The Bertz CT molecular complexity index is 540. The number of halogens is 1. The van der Waals surface area contributed by atoms with E-state index < -0.39 is 6.10 Å². The Morgan fingerprint density at radius 1 is 1.11 bits per heavy atom. The number of anilines is 1. The molecule has 0 fully saturated rings. The van der Waals surface area contributed by atoms with Crippen molar-refractivity contribution in [3.05, 3.63) is 64.6 Å². The predicted octanol–water partition coefficient (Wildman–Crippen LogP) is 3.51. The van der Waals surface area contributed by atoms with E-state index >= 15 is 0 Å². The molecule has 0 aromatic heterocycles. The highest BCUT2D eigenvalue weighted by Crippen LogP contribution is 2.20. The van der Waals surface area contributed by atoms with Crippen LogP contribution in [0.25, 0.3) is 0 Å². The number of hydrogen-bond donors (Lipinski definition) is 2. The lowest BCUT2D eigenvalue weighted by Crippen LogP contribution is -2.15. The lowest BCUT2D eigenvalue weighted by atomic mass is 10.1. The summed E-state index contributed by atoms with van der Waals surface area (Å²) in [6.07, 6.45) is -0.756. The second-order valence-electron chi connectivity index (χ2n) is 4.19. The van der Waals surface area contributed by atoms with Crippen LogP contribution in [0, 0.1) is 0 Å². The van der Waals surface area contributed by atoms with Crippen LogP contribution < -0.4 is 5.32 Å². The predicted molar refractivity (Wildman–Crippen MR) is 78.8 cm³/mol. The van der Waals surface area contributed by atoms with Crippen molar-refractivity contribution in [2.75, 3.05) is 5.32 Å². The molecule has 0 aliphatic carbocycles. The summed E-state index contributed by atoms with van der Waals surface area (Å²) in [5.41, 5.74) is 1.46. The van der Waals surface area contributed by atoms with E-state index in [-0.39, 0.29) is 12.3 Å². The number of rotatable bonds is 4. The lowest BCUT2D eigenvalue weighted by molar-refractivity contribution is -0.118. The van der Waals surface area contributed by atoms with Crippen LogP contribution >= 0.6 is 15.9 Å². The zero-order valence-corrected chi connectivity index (χ0v) is 11.8. The van der Waals surface area contributed by atoms with E-state index in [9.17, 15) is 9.90 Å². The van der Waals surface area contributed by atoms with Crippen LogP contribution in [0.5, 0.6) is 0 Å². The molecule has 0 spiro atoms. The molecule has 0 saturated heterocycles. The van der Waals surface area contributed by atoms with Gasteiger partial charge in [-0.1, -0.05) is 46.3 Å². The van der Waals surface area contributed by atoms with E-state index in [4.69, 9.17) is 0 Å². The molecule has 0 saturated carbocycles. The number of aliphatic hydroxyl groups excluding tert-OH is 1. The highest BCUT2D eigenvalue weighted by atomic mass is 79.9. The van der Waals surface area contributed by atoms with E-state index in [1.807, 2.05) is 42.5 Å². The van der Waals surface area contributed by atoms with Gasteiger partial charge in [0.05, 0.1) is 12.5 Å². The summed E-state index contributed by atoms with van der Waals surface area (Å²) in [6.45, 7) is 0. The number of benzene rings is 2. The largest absolute Gasteiger partial charge is 0.388 e. The Kier molecular flexibility index (Phi) is 4.71. The lowest BCUT2D eigenvalue weighted by Gasteiger charge is -2.11. The fourth-order valence-corrected chi connectivity index (χ4v) is 1.98. The number of hydrogen-bond acceptors (Lipinski definition) is 2. The molecule has 98 valence electrons. The molecule has 2 N–H and O–H groups in total. The van der Waals surface area contributed by atoms with E-state index in [1.54, 1.807) is 12.1 Å². The Labute approximate surface area is 120 Å². The van der Waals surface area contributed by atoms with Gasteiger partial charge in [0.15, 0.2) is 0 Å². The van der Waals surface area contributed by atoms with E-state index in [0.717, 1.165) is 15.7 Å². The molecule has 2 aromatic rings. The third kappa shape index (κ3) is 4.19. The van der Waals surface area contributed by atoms with Crippen molar-refractivity contribution in [2.45, 2.75) is 12.5 Å². The van der Waals surface area contributed by atoms with Crippen LogP contribution in [0.15, 0.2) is 59.1 Å². The van der Waals surface area contributed by atoms with Crippen LogP contribution in [-0.4, -0.2) is 11.0 Å². The quantitative estimate of drug-likeness (QED) is 0.906. The highest BCUT2D eigenvalue weighted by Gasteiger charge is 2.12. The van der Waals surface area contributed by atoms with Crippen LogP contribution in [0.2, 0.25) is 0 Å². The van der Waals surface area contributed by atoms with Gasteiger partial charge < -0.3 is 10.4 Å². The van der Waals surface area contributed by atoms with Gasteiger partial charge in [-0.05, 0) is 29.8 Å². The molecule has 4 heteroatoms. The van der Waals surface area contributed by atoms with Gasteiger partial charge in [-0.2, -0.15) is 0 Å². The van der Waals surface area contributed by atoms with Gasteiger partial charge in [-0.25, -0.2) is 0 Å². The minimum absolute atomic E-state index is 0.0382. The van der Waals surface area contributed by atoms with Gasteiger partial charge in [0.2, 0.25) is 5.91 Å². The molecule has 1 unspecified atom stereocenters. The van der Waals surface area contributed by atoms with Crippen molar-refractivity contribution < 1.29 is 9.90 Å². The summed E-state index contributed by atoms with van der Waals surface area (Å²) in [4.78, 5) is 11.8. The van der Waals surface area contributed by atoms with Gasteiger partial charge in [0, 0.05) is 10.2 Å². The summed E-state index contributed by atoms with van der Waals surface area (Å²) in [5.74, 6) is -0.207. The SMILES string of the molecule is O=C(CC(O)c1ccc(Br)cc1)Nc1ccccc1. The van der Waals surface area contributed by atoms with Crippen molar-refractivity contribution in [3.8, 4) is 0 Å². The number of nitrogens with one attached hydrogen (secondary N) is 1. The molecule has 2 aromatic carbocycles. The number of aliphatic hydroxyl groups is 1. The average Bonchev–Trinajstić information content (AvgIpc) is 2.40. The molecule has 1 amide bonds. The first-order valence-electron chi connectivity index (χ1n) is 5.93. The molecule has 1 atom stereocenters. The summed E-state index contributed by atoms with van der Waals surface area (Å²) in [7, 11) is 0. The molecule has 19 heavy (non-hydrogen) atoms. The molecular weight excluding hydrogens is 306 g/mol. The average molecular weight is 320 g/mol. The van der Waals surface area contributed by atoms with Crippen molar-refractivity contribution in [1.29, 1.82) is 0 Å². The second kappa shape index (κ2) is 6.50. The number of carbonyl (C=O) groups is 1. The molecule has 0 aliphatic heterocycles. The minimum atomic E-state index is -0.795. The molecule has 3 nitrogen and oxygen atoms in total. The van der Waals surface area contributed by atoms with Crippen LogP contribution in [0.4, 0.5) is 5.69 Å². The summed E-state index contributed by atoms with van der Waals surface area (Å²) in [6, 6.07) is 16.5. The standard InChI is InChI=1S/C15H14BrNO2/c16-12-8-6-11(7-9-12)14(18)10-15(19)17-13-4-2-1-3-5-13/h1-9,14,18H,10H2,(H,17,19). The normalized spacial score (nSPS) is 11.9. The van der Waals surface area contributed by atoms with Crippen molar-refractivity contribution >= 4 is 27.5 Å². The Morgan fingerprint density at radius 3 is 2.37 bits per heavy atom. The molecule has 0 bridgehead atoms. The fourth-order valence-electron chi connectivity index (χ4n) is 1.71. The zero-order chi connectivity index (χ0) is 13.7.